The maximum atomic E-state index is 5.71. The quantitative estimate of drug-likeness (QED) is 0.817. The fourth-order valence-electron chi connectivity index (χ4n) is 2.03. The summed E-state index contributed by atoms with van der Waals surface area (Å²) in [6, 6.07) is 5.83. The van der Waals surface area contributed by atoms with Gasteiger partial charge in [0.25, 0.3) is 0 Å². The predicted molar refractivity (Wildman–Crippen MR) is 85.8 cm³/mol. The lowest BCUT2D eigenvalue weighted by Crippen LogP contribution is -2.43. The van der Waals surface area contributed by atoms with Crippen molar-refractivity contribution >= 4 is 38.8 Å². The maximum absolute atomic E-state index is 5.71. The molecule has 1 heterocycles. The monoisotopic (exact) mass is 343 g/mol. The number of anilines is 1. The zero-order valence-corrected chi connectivity index (χ0v) is 13.3. The Labute approximate surface area is 127 Å². The lowest BCUT2D eigenvalue weighted by atomic mass is 10.2. The van der Waals surface area contributed by atoms with Gasteiger partial charge in [-0.2, -0.15) is 0 Å². The van der Waals surface area contributed by atoms with Crippen LogP contribution >= 0.6 is 28.1 Å². The summed E-state index contributed by atoms with van der Waals surface area (Å²) in [6.07, 6.45) is 0.223. The molecule has 0 aromatic heterocycles. The first-order chi connectivity index (χ1) is 9.06. The Bertz CT molecular complexity index is 469. The molecule has 0 aliphatic carbocycles. The summed E-state index contributed by atoms with van der Waals surface area (Å²) in [7, 11) is 2.11. The van der Waals surface area contributed by atoms with Crippen LogP contribution in [-0.2, 0) is 4.74 Å². The van der Waals surface area contributed by atoms with Gasteiger partial charge in [0, 0.05) is 35.4 Å². The molecule has 1 atom stereocenters. The van der Waals surface area contributed by atoms with Crippen LogP contribution in [0.4, 0.5) is 5.69 Å². The van der Waals surface area contributed by atoms with E-state index in [1.54, 1.807) is 0 Å². The second-order valence-electron chi connectivity index (χ2n) is 4.69. The largest absolute Gasteiger partial charge is 0.389 e. The number of nitrogens with two attached hydrogens (primary N) is 1. The minimum absolute atomic E-state index is 0.223. The number of thiocarbonyl (C=S) groups is 1. The summed E-state index contributed by atoms with van der Waals surface area (Å²) >= 11 is 8.48. The van der Waals surface area contributed by atoms with Crippen LogP contribution in [0, 0.1) is 0 Å². The van der Waals surface area contributed by atoms with E-state index in [9.17, 15) is 0 Å². The molecule has 6 heteroatoms. The molecule has 0 saturated carbocycles. The molecule has 0 amide bonds. The normalized spacial score (nSPS) is 20.2. The van der Waals surface area contributed by atoms with E-state index >= 15 is 0 Å². The number of hydrogen-bond donors (Lipinski definition) is 2. The van der Waals surface area contributed by atoms with Gasteiger partial charge in [0.15, 0.2) is 0 Å². The minimum Gasteiger partial charge on any atom is -0.389 e. The van der Waals surface area contributed by atoms with Crippen LogP contribution in [0.5, 0.6) is 0 Å². The Hall–Kier alpha value is -0.690. The highest BCUT2D eigenvalue weighted by Gasteiger charge is 2.17. The van der Waals surface area contributed by atoms with Gasteiger partial charge < -0.3 is 20.7 Å². The lowest BCUT2D eigenvalue weighted by Gasteiger charge is -2.30. The van der Waals surface area contributed by atoms with Gasteiger partial charge in [0.1, 0.15) is 4.99 Å². The Morgan fingerprint density at radius 1 is 1.63 bits per heavy atom. The molecule has 1 aromatic carbocycles. The molecule has 1 fully saturated rings. The zero-order chi connectivity index (χ0) is 13.8. The molecule has 19 heavy (non-hydrogen) atoms. The number of nitrogens with zero attached hydrogens (tertiary/aromatic N) is 1. The van der Waals surface area contributed by atoms with Gasteiger partial charge in [-0.05, 0) is 41.2 Å². The van der Waals surface area contributed by atoms with Crippen LogP contribution in [0.1, 0.15) is 5.56 Å². The topological polar surface area (TPSA) is 50.5 Å². The van der Waals surface area contributed by atoms with E-state index in [1.165, 1.54) is 0 Å². The number of ether oxygens (including phenoxy) is 1. The SMILES string of the molecule is CN1CCOC(CNc2ccc(C(N)=S)cc2Br)C1. The molecule has 4 nitrogen and oxygen atoms in total. The van der Waals surface area contributed by atoms with E-state index < -0.39 is 0 Å². The van der Waals surface area contributed by atoms with Crippen LogP contribution in [0.15, 0.2) is 22.7 Å². The average molecular weight is 344 g/mol. The van der Waals surface area contributed by atoms with Gasteiger partial charge in [0.2, 0.25) is 0 Å². The van der Waals surface area contributed by atoms with E-state index in [4.69, 9.17) is 22.7 Å². The number of nitrogens with one attached hydrogen (secondary N) is 1. The molecule has 104 valence electrons. The molecule has 0 radical (unpaired) electrons. The molecular formula is C13H18BrN3OS. The number of likely N-dealkylation sites (N-methyl/N-ethyl adjacent to an activating group) is 1. The summed E-state index contributed by atoms with van der Waals surface area (Å²) in [5.74, 6) is 0. The summed E-state index contributed by atoms with van der Waals surface area (Å²) in [5, 5.41) is 3.39. The van der Waals surface area contributed by atoms with Gasteiger partial charge >= 0.3 is 0 Å². The van der Waals surface area contributed by atoms with Crippen LogP contribution < -0.4 is 11.1 Å². The first kappa shape index (κ1) is 14.7. The molecule has 1 saturated heterocycles. The van der Waals surface area contributed by atoms with Crippen molar-refractivity contribution in [3.05, 3.63) is 28.2 Å². The van der Waals surface area contributed by atoms with Crippen molar-refractivity contribution in [3.8, 4) is 0 Å². The number of hydrogen-bond acceptors (Lipinski definition) is 4. The molecule has 2 rings (SSSR count). The lowest BCUT2D eigenvalue weighted by molar-refractivity contribution is -0.0117. The van der Waals surface area contributed by atoms with Gasteiger partial charge in [-0.1, -0.05) is 12.2 Å². The van der Waals surface area contributed by atoms with Crippen LogP contribution in [0.3, 0.4) is 0 Å². The van der Waals surface area contributed by atoms with Crippen molar-refractivity contribution in [2.75, 3.05) is 38.6 Å². The fourth-order valence-corrected chi connectivity index (χ4v) is 2.67. The molecule has 3 N–H and O–H groups in total. The van der Waals surface area contributed by atoms with Gasteiger partial charge in [-0.15, -0.1) is 0 Å². The smallest absolute Gasteiger partial charge is 0.104 e. The van der Waals surface area contributed by atoms with E-state index in [-0.39, 0.29) is 6.10 Å². The molecule has 1 unspecified atom stereocenters. The summed E-state index contributed by atoms with van der Waals surface area (Å²) in [4.78, 5) is 2.69. The van der Waals surface area contributed by atoms with E-state index in [1.807, 2.05) is 18.2 Å². The Balaban J connectivity index is 1.94. The first-order valence-electron chi connectivity index (χ1n) is 6.19. The highest BCUT2D eigenvalue weighted by atomic mass is 79.9. The molecule has 1 aromatic rings. The second kappa shape index (κ2) is 6.65. The second-order valence-corrected chi connectivity index (χ2v) is 5.99. The van der Waals surface area contributed by atoms with Crippen LogP contribution in [-0.4, -0.2) is 49.3 Å². The molecule has 1 aliphatic rings. The fraction of sp³-hybridized carbons (Fsp3) is 0.462. The highest BCUT2D eigenvalue weighted by Crippen LogP contribution is 2.24. The molecular weight excluding hydrogens is 326 g/mol. The number of benzene rings is 1. The van der Waals surface area contributed by atoms with Crippen molar-refractivity contribution < 1.29 is 4.74 Å². The van der Waals surface area contributed by atoms with Gasteiger partial charge in [0.05, 0.1) is 12.7 Å². The third-order valence-electron chi connectivity index (χ3n) is 3.12. The number of halogens is 1. The third kappa shape index (κ3) is 4.14. The number of morpholine rings is 1. The Morgan fingerprint density at radius 2 is 2.42 bits per heavy atom. The number of rotatable bonds is 4. The van der Waals surface area contributed by atoms with Gasteiger partial charge in [-0.25, -0.2) is 0 Å². The van der Waals surface area contributed by atoms with Crippen LogP contribution in [0.25, 0.3) is 0 Å². The first-order valence-corrected chi connectivity index (χ1v) is 7.40. The summed E-state index contributed by atoms with van der Waals surface area (Å²) in [5.41, 5.74) is 7.49. The van der Waals surface area contributed by atoms with E-state index in [2.05, 4.69) is 33.2 Å². The average Bonchev–Trinajstić information content (AvgIpc) is 2.37. The standard InChI is InChI=1S/C13H18BrN3OS/c1-17-4-5-18-10(8-17)7-16-12-3-2-9(13(15)19)6-11(12)14/h2-3,6,10,16H,4-5,7-8H2,1H3,(H2,15,19). The van der Waals surface area contributed by atoms with Crippen molar-refractivity contribution in [2.45, 2.75) is 6.10 Å². The maximum Gasteiger partial charge on any atom is 0.104 e. The van der Waals surface area contributed by atoms with E-state index in [0.717, 1.165) is 42.0 Å². The van der Waals surface area contributed by atoms with Crippen molar-refractivity contribution in [1.29, 1.82) is 0 Å². The zero-order valence-electron chi connectivity index (χ0n) is 10.9. The minimum atomic E-state index is 0.223. The highest BCUT2D eigenvalue weighted by molar-refractivity contribution is 9.10. The Kier molecular flexibility index (Phi) is 5.15. The summed E-state index contributed by atoms with van der Waals surface area (Å²) in [6.45, 7) is 3.54. The molecule has 0 bridgehead atoms. The van der Waals surface area contributed by atoms with Crippen molar-refractivity contribution in [3.63, 3.8) is 0 Å². The predicted octanol–water partition coefficient (Wildman–Crippen LogP) is 1.83. The third-order valence-corrected chi connectivity index (χ3v) is 4.01. The van der Waals surface area contributed by atoms with Gasteiger partial charge in [-0.3, -0.25) is 0 Å². The van der Waals surface area contributed by atoms with Crippen LogP contribution in [0.2, 0.25) is 0 Å². The van der Waals surface area contributed by atoms with Crippen molar-refractivity contribution in [2.24, 2.45) is 5.73 Å². The molecule has 1 aliphatic heterocycles. The Morgan fingerprint density at radius 3 is 3.05 bits per heavy atom. The summed E-state index contributed by atoms with van der Waals surface area (Å²) < 4.78 is 6.67. The molecule has 0 spiro atoms. The van der Waals surface area contributed by atoms with Crippen molar-refractivity contribution in [1.82, 2.24) is 4.90 Å². The van der Waals surface area contributed by atoms with E-state index in [0.29, 0.717) is 4.99 Å².